The molecule has 0 spiro atoms. The van der Waals surface area contributed by atoms with Crippen molar-refractivity contribution in [2.75, 3.05) is 20.7 Å². The summed E-state index contributed by atoms with van der Waals surface area (Å²) in [4.78, 5) is 49.0. The Morgan fingerprint density at radius 3 is 2.51 bits per heavy atom. The van der Waals surface area contributed by atoms with Gasteiger partial charge in [0.25, 0.3) is 11.8 Å². The van der Waals surface area contributed by atoms with Crippen molar-refractivity contribution < 1.29 is 23.5 Å². The van der Waals surface area contributed by atoms with Crippen LogP contribution >= 0.6 is 15.9 Å². The summed E-state index contributed by atoms with van der Waals surface area (Å²) in [6, 6.07) is 18.5. The number of aromatic amines is 1. The first-order valence-corrected chi connectivity index (χ1v) is 13.6. The van der Waals surface area contributed by atoms with Crippen molar-refractivity contribution in [3.63, 3.8) is 0 Å². The summed E-state index contributed by atoms with van der Waals surface area (Å²) in [5.74, 6) is -0.258. The molecule has 2 atom stereocenters. The number of imide groups is 1. The lowest BCUT2D eigenvalue weighted by Crippen LogP contribution is -2.36. The van der Waals surface area contributed by atoms with E-state index in [4.69, 9.17) is 4.74 Å². The normalized spacial score (nSPS) is 15.5. The lowest BCUT2D eigenvalue weighted by molar-refractivity contribution is -0.131. The Balaban J connectivity index is 1.41. The number of likely N-dealkylation sites (N-methyl/N-ethyl adjacent to an activating group) is 1. The molecule has 1 aliphatic rings. The Bertz CT molecular complexity index is 1580. The fourth-order valence-electron chi connectivity index (χ4n) is 4.54. The molecule has 1 unspecified atom stereocenters. The molecule has 11 heteroatoms. The molecule has 1 saturated heterocycles. The lowest BCUT2D eigenvalue weighted by Gasteiger charge is -2.24. The third kappa shape index (κ3) is 6.14. The summed E-state index contributed by atoms with van der Waals surface area (Å²) in [7, 11) is 3.28. The largest absolute Gasteiger partial charge is 0.484 e. The molecule has 9 nitrogen and oxygen atoms in total. The Morgan fingerprint density at radius 1 is 1.10 bits per heavy atom. The number of aromatic nitrogens is 2. The van der Waals surface area contributed by atoms with Gasteiger partial charge in [0, 0.05) is 30.6 Å². The standard InChI is InChI=1S/C30H27BrFN5O4/c1-36(2)26(38)17-41-21-11-8-19(9-12-21)27-29(39)37(30(40)35-27)25(14-18-6-4-3-5-7-18)28-33-16-24(34-28)22-13-10-20(31)15-23(22)32/h3-13,15-16,25,27H,14,17H2,1-2H3,(H,33,34)(H,35,40)/t25?,27-/m1/s1. The fourth-order valence-corrected chi connectivity index (χ4v) is 4.88. The zero-order chi connectivity index (χ0) is 29.1. The molecule has 0 bridgehead atoms. The maximum atomic E-state index is 14.7. The van der Waals surface area contributed by atoms with E-state index < -0.39 is 29.8 Å². The van der Waals surface area contributed by atoms with Gasteiger partial charge in [-0.05, 0) is 41.5 Å². The van der Waals surface area contributed by atoms with Crippen LogP contribution in [0.2, 0.25) is 0 Å². The minimum atomic E-state index is -0.920. The van der Waals surface area contributed by atoms with E-state index in [0.29, 0.717) is 39.3 Å². The minimum absolute atomic E-state index is 0.115. The predicted octanol–water partition coefficient (Wildman–Crippen LogP) is 5.02. The van der Waals surface area contributed by atoms with Crippen molar-refractivity contribution in [1.82, 2.24) is 25.1 Å². The molecular weight excluding hydrogens is 593 g/mol. The molecular formula is C30H27BrFN5O4. The van der Waals surface area contributed by atoms with Gasteiger partial charge in [0.2, 0.25) is 0 Å². The van der Waals surface area contributed by atoms with Crippen molar-refractivity contribution in [2.45, 2.75) is 18.5 Å². The van der Waals surface area contributed by atoms with Crippen LogP contribution in [0.15, 0.2) is 83.5 Å². The summed E-state index contributed by atoms with van der Waals surface area (Å²) in [5, 5.41) is 2.77. The van der Waals surface area contributed by atoms with Gasteiger partial charge in [-0.3, -0.25) is 14.5 Å². The number of benzene rings is 3. The first-order chi connectivity index (χ1) is 19.7. The van der Waals surface area contributed by atoms with Gasteiger partial charge < -0.3 is 19.9 Å². The van der Waals surface area contributed by atoms with Gasteiger partial charge >= 0.3 is 6.03 Å². The van der Waals surface area contributed by atoms with Crippen LogP contribution in [0.5, 0.6) is 5.75 Å². The Labute approximate surface area is 244 Å². The molecule has 0 aliphatic carbocycles. The molecule has 0 saturated carbocycles. The maximum absolute atomic E-state index is 14.7. The van der Waals surface area contributed by atoms with Crippen molar-refractivity contribution in [3.05, 3.63) is 106 Å². The molecule has 3 aromatic carbocycles. The van der Waals surface area contributed by atoms with Gasteiger partial charge in [0.15, 0.2) is 6.61 Å². The number of rotatable bonds is 9. The number of hydrogen-bond donors (Lipinski definition) is 2. The van der Waals surface area contributed by atoms with E-state index in [1.165, 1.54) is 22.1 Å². The van der Waals surface area contributed by atoms with E-state index in [9.17, 15) is 18.8 Å². The van der Waals surface area contributed by atoms with Crippen molar-refractivity contribution in [3.8, 4) is 17.0 Å². The number of ether oxygens (including phenoxy) is 1. The molecule has 41 heavy (non-hydrogen) atoms. The zero-order valence-corrected chi connectivity index (χ0v) is 23.9. The van der Waals surface area contributed by atoms with Crippen LogP contribution in [0.25, 0.3) is 11.3 Å². The van der Waals surface area contributed by atoms with Gasteiger partial charge in [-0.2, -0.15) is 0 Å². The van der Waals surface area contributed by atoms with Crippen LogP contribution in [-0.4, -0.2) is 58.3 Å². The second-order valence-corrected chi connectivity index (χ2v) is 10.7. The van der Waals surface area contributed by atoms with Gasteiger partial charge in [-0.1, -0.05) is 58.4 Å². The smallest absolute Gasteiger partial charge is 0.325 e. The Kier molecular flexibility index (Phi) is 8.16. The first kappa shape index (κ1) is 28.0. The highest BCUT2D eigenvalue weighted by Crippen LogP contribution is 2.33. The molecule has 4 amide bonds. The average Bonchev–Trinajstić information content (AvgIpc) is 3.55. The second kappa shape index (κ2) is 11.9. The number of H-pyrrole nitrogens is 1. The highest BCUT2D eigenvalue weighted by Gasteiger charge is 2.44. The summed E-state index contributed by atoms with van der Waals surface area (Å²) < 4.78 is 20.8. The topological polar surface area (TPSA) is 108 Å². The molecule has 2 N–H and O–H groups in total. The molecule has 4 aromatic rings. The van der Waals surface area contributed by atoms with Crippen molar-refractivity contribution in [2.24, 2.45) is 0 Å². The lowest BCUT2D eigenvalue weighted by atomic mass is 10.0. The number of hydrogen-bond acceptors (Lipinski definition) is 5. The first-order valence-electron chi connectivity index (χ1n) is 12.8. The second-order valence-electron chi connectivity index (χ2n) is 9.75. The van der Waals surface area contributed by atoms with Gasteiger partial charge in [-0.15, -0.1) is 0 Å². The van der Waals surface area contributed by atoms with E-state index in [2.05, 4.69) is 31.2 Å². The van der Waals surface area contributed by atoms with E-state index in [-0.39, 0.29) is 12.5 Å². The molecule has 5 rings (SSSR count). The number of carbonyl (C=O) groups excluding carboxylic acids is 3. The number of imidazole rings is 1. The van der Waals surface area contributed by atoms with Gasteiger partial charge in [0.05, 0.1) is 11.9 Å². The van der Waals surface area contributed by atoms with E-state index in [0.717, 1.165) is 5.56 Å². The SMILES string of the molecule is CN(C)C(=O)COc1ccc([C@H]2NC(=O)N(C(Cc3ccccc3)c3ncc(-c4ccc(Br)cc4F)[nH]3)C2=O)cc1. The molecule has 1 fully saturated rings. The number of nitrogens with zero attached hydrogens (tertiary/aromatic N) is 3. The van der Waals surface area contributed by atoms with Crippen LogP contribution in [0.1, 0.15) is 29.0 Å². The summed E-state index contributed by atoms with van der Waals surface area (Å²) in [6.45, 7) is -0.115. The molecule has 0 radical (unpaired) electrons. The van der Waals surface area contributed by atoms with Crippen LogP contribution in [0, 0.1) is 5.82 Å². The Morgan fingerprint density at radius 2 is 1.83 bits per heavy atom. The maximum Gasteiger partial charge on any atom is 0.325 e. The van der Waals surface area contributed by atoms with Crippen molar-refractivity contribution in [1.29, 1.82) is 0 Å². The quantitative estimate of drug-likeness (QED) is 0.256. The number of carbonyl (C=O) groups is 3. The number of amides is 4. The van der Waals surface area contributed by atoms with E-state index >= 15 is 0 Å². The Hall–Kier alpha value is -4.51. The van der Waals surface area contributed by atoms with E-state index in [1.54, 1.807) is 50.5 Å². The molecule has 1 aromatic heterocycles. The van der Waals surface area contributed by atoms with Gasteiger partial charge in [-0.25, -0.2) is 14.2 Å². The highest BCUT2D eigenvalue weighted by molar-refractivity contribution is 9.10. The number of nitrogens with one attached hydrogen (secondary N) is 2. The summed E-state index contributed by atoms with van der Waals surface area (Å²) in [5.41, 5.74) is 2.20. The monoisotopic (exact) mass is 619 g/mol. The zero-order valence-electron chi connectivity index (χ0n) is 22.3. The summed E-state index contributed by atoms with van der Waals surface area (Å²) >= 11 is 3.26. The third-order valence-electron chi connectivity index (χ3n) is 6.76. The average molecular weight is 620 g/mol. The van der Waals surface area contributed by atoms with Gasteiger partial charge in [0.1, 0.15) is 29.5 Å². The predicted molar refractivity (Wildman–Crippen MR) is 153 cm³/mol. The van der Waals surface area contributed by atoms with Crippen molar-refractivity contribution >= 4 is 33.8 Å². The minimum Gasteiger partial charge on any atom is -0.484 e. The third-order valence-corrected chi connectivity index (χ3v) is 7.25. The summed E-state index contributed by atoms with van der Waals surface area (Å²) in [6.07, 6.45) is 1.80. The van der Waals surface area contributed by atoms with Crippen LogP contribution in [0.4, 0.5) is 9.18 Å². The molecule has 1 aliphatic heterocycles. The van der Waals surface area contributed by atoms with Crippen LogP contribution in [-0.2, 0) is 16.0 Å². The number of halogens is 2. The molecule has 210 valence electrons. The van der Waals surface area contributed by atoms with Crippen LogP contribution < -0.4 is 10.1 Å². The van der Waals surface area contributed by atoms with E-state index in [1.807, 2.05) is 30.3 Å². The fraction of sp³-hybridized carbons (Fsp3) is 0.200. The molecule has 2 heterocycles. The number of urea groups is 1. The highest BCUT2D eigenvalue weighted by atomic mass is 79.9. The van der Waals surface area contributed by atoms with Crippen LogP contribution in [0.3, 0.4) is 0 Å².